The van der Waals surface area contributed by atoms with Crippen LogP contribution in [-0.4, -0.2) is 13.2 Å². The van der Waals surface area contributed by atoms with Gasteiger partial charge in [0.15, 0.2) is 11.5 Å². The molecule has 3 rings (SSSR count). The molecule has 0 atom stereocenters. The maximum absolute atomic E-state index is 5.89. The van der Waals surface area contributed by atoms with E-state index in [1.54, 1.807) is 11.8 Å². The van der Waals surface area contributed by atoms with E-state index >= 15 is 0 Å². The molecule has 0 saturated carbocycles. The second-order valence-corrected chi connectivity index (χ2v) is 6.35. The van der Waals surface area contributed by atoms with Crippen LogP contribution in [0.5, 0.6) is 11.5 Å². The van der Waals surface area contributed by atoms with E-state index in [1.807, 2.05) is 24.3 Å². The first-order chi connectivity index (χ1) is 9.72. The minimum atomic E-state index is 0.615. The van der Waals surface area contributed by atoms with Crippen LogP contribution in [0.2, 0.25) is 0 Å². The highest BCUT2D eigenvalue weighted by atomic mass is 79.9. The lowest BCUT2D eigenvalue weighted by atomic mass is 10.2. The van der Waals surface area contributed by atoms with Gasteiger partial charge in [0.1, 0.15) is 13.2 Å². The summed E-state index contributed by atoms with van der Waals surface area (Å²) in [6, 6.07) is 12.1. The van der Waals surface area contributed by atoms with E-state index in [0.29, 0.717) is 13.2 Å². The average molecular weight is 352 g/mol. The van der Waals surface area contributed by atoms with Crippen molar-refractivity contribution in [1.82, 2.24) is 0 Å². The van der Waals surface area contributed by atoms with E-state index in [1.165, 1.54) is 5.56 Å². The number of benzene rings is 2. The molecule has 0 aliphatic carbocycles. The Morgan fingerprint density at radius 3 is 2.65 bits per heavy atom. The van der Waals surface area contributed by atoms with Gasteiger partial charge in [-0.15, -0.1) is 11.8 Å². The Hall–Kier alpha value is -1.33. The second-order valence-electron chi connectivity index (χ2n) is 4.45. The molecule has 0 radical (unpaired) electrons. The van der Waals surface area contributed by atoms with Crippen LogP contribution in [-0.2, 0) is 5.75 Å². The summed E-state index contributed by atoms with van der Waals surface area (Å²) in [5, 5.41) is 0. The first kappa shape index (κ1) is 13.6. The molecule has 0 bridgehead atoms. The number of halogens is 1. The Bertz CT molecular complexity index is 633. The van der Waals surface area contributed by atoms with E-state index in [0.717, 1.165) is 32.3 Å². The third-order valence-corrected chi connectivity index (χ3v) is 4.77. The van der Waals surface area contributed by atoms with Crippen LogP contribution in [0, 0.1) is 0 Å². The molecule has 3 nitrogen and oxygen atoms in total. The standard InChI is InChI=1S/C15H14BrNO2S/c16-12-3-1-10(7-13(12)17)9-20-11-2-4-14-15(8-11)19-6-5-18-14/h1-4,7-8H,5-6,9,17H2. The molecule has 5 heteroatoms. The van der Waals surface area contributed by atoms with Crippen LogP contribution in [0.15, 0.2) is 45.8 Å². The minimum absolute atomic E-state index is 0.615. The lowest BCUT2D eigenvalue weighted by Gasteiger charge is -2.18. The van der Waals surface area contributed by atoms with Crippen molar-refractivity contribution < 1.29 is 9.47 Å². The summed E-state index contributed by atoms with van der Waals surface area (Å²) in [7, 11) is 0. The molecule has 0 spiro atoms. The molecule has 20 heavy (non-hydrogen) atoms. The first-order valence-corrected chi connectivity index (χ1v) is 8.06. The molecular weight excluding hydrogens is 338 g/mol. The monoisotopic (exact) mass is 351 g/mol. The summed E-state index contributed by atoms with van der Waals surface area (Å²) >= 11 is 5.16. The van der Waals surface area contributed by atoms with E-state index in [-0.39, 0.29) is 0 Å². The molecule has 0 fully saturated rings. The van der Waals surface area contributed by atoms with E-state index < -0.39 is 0 Å². The van der Waals surface area contributed by atoms with Crippen LogP contribution in [0.4, 0.5) is 5.69 Å². The first-order valence-electron chi connectivity index (χ1n) is 6.29. The second kappa shape index (κ2) is 5.97. The molecule has 1 aliphatic heterocycles. The lowest BCUT2D eigenvalue weighted by molar-refractivity contribution is 0.171. The Labute approximate surface area is 130 Å². The van der Waals surface area contributed by atoms with Crippen molar-refractivity contribution in [3.8, 4) is 11.5 Å². The molecule has 0 saturated heterocycles. The Kier molecular flexibility index (Phi) is 4.08. The number of thioether (sulfide) groups is 1. The number of rotatable bonds is 3. The van der Waals surface area contributed by atoms with Crippen molar-refractivity contribution in [3.63, 3.8) is 0 Å². The summed E-state index contributed by atoms with van der Waals surface area (Å²) in [6.45, 7) is 1.24. The van der Waals surface area contributed by atoms with Crippen LogP contribution in [0.1, 0.15) is 5.56 Å². The number of ether oxygens (including phenoxy) is 2. The summed E-state index contributed by atoms with van der Waals surface area (Å²) in [5.41, 5.74) is 7.86. The van der Waals surface area contributed by atoms with E-state index in [9.17, 15) is 0 Å². The van der Waals surface area contributed by atoms with Gasteiger partial charge in [-0.05, 0) is 51.8 Å². The van der Waals surface area contributed by atoms with Gasteiger partial charge in [0.2, 0.25) is 0 Å². The predicted molar refractivity (Wildman–Crippen MR) is 85.5 cm³/mol. The van der Waals surface area contributed by atoms with Crippen LogP contribution < -0.4 is 15.2 Å². The topological polar surface area (TPSA) is 44.5 Å². The van der Waals surface area contributed by atoms with Gasteiger partial charge >= 0.3 is 0 Å². The maximum atomic E-state index is 5.89. The zero-order valence-corrected chi connectivity index (χ0v) is 13.2. The zero-order valence-electron chi connectivity index (χ0n) is 10.8. The van der Waals surface area contributed by atoms with E-state index in [2.05, 4.69) is 28.1 Å². The zero-order chi connectivity index (χ0) is 13.9. The van der Waals surface area contributed by atoms with Gasteiger partial charge in [-0.1, -0.05) is 6.07 Å². The summed E-state index contributed by atoms with van der Waals surface area (Å²) < 4.78 is 12.0. The third-order valence-electron chi connectivity index (χ3n) is 2.98. The predicted octanol–water partition coefficient (Wildman–Crippen LogP) is 4.09. The molecule has 2 N–H and O–H groups in total. The van der Waals surface area contributed by atoms with Gasteiger partial charge in [0.05, 0.1) is 0 Å². The molecule has 0 unspecified atom stereocenters. The summed E-state index contributed by atoms with van der Waals surface area (Å²) in [4.78, 5) is 1.16. The minimum Gasteiger partial charge on any atom is -0.486 e. The Morgan fingerprint density at radius 1 is 1.05 bits per heavy atom. The highest BCUT2D eigenvalue weighted by molar-refractivity contribution is 9.10. The van der Waals surface area contributed by atoms with Gasteiger partial charge in [0.25, 0.3) is 0 Å². The highest BCUT2D eigenvalue weighted by Gasteiger charge is 2.11. The van der Waals surface area contributed by atoms with Crippen LogP contribution in [0.25, 0.3) is 0 Å². The number of anilines is 1. The van der Waals surface area contributed by atoms with Crippen LogP contribution in [0.3, 0.4) is 0 Å². The summed E-state index contributed by atoms with van der Waals surface area (Å²) in [6.07, 6.45) is 0. The molecular formula is C15H14BrNO2S. The summed E-state index contributed by atoms with van der Waals surface area (Å²) in [5.74, 6) is 2.53. The van der Waals surface area contributed by atoms with Gasteiger partial charge < -0.3 is 15.2 Å². The highest BCUT2D eigenvalue weighted by Crippen LogP contribution is 2.35. The third kappa shape index (κ3) is 3.04. The van der Waals surface area contributed by atoms with Crippen molar-refractivity contribution in [2.75, 3.05) is 18.9 Å². The fourth-order valence-electron chi connectivity index (χ4n) is 1.96. The lowest BCUT2D eigenvalue weighted by Crippen LogP contribution is -2.15. The quantitative estimate of drug-likeness (QED) is 0.667. The molecule has 1 aliphatic rings. The molecule has 1 heterocycles. The molecule has 2 aromatic carbocycles. The van der Waals surface area contributed by atoms with Gasteiger partial charge in [-0.25, -0.2) is 0 Å². The molecule has 2 aromatic rings. The molecule has 0 amide bonds. The average Bonchev–Trinajstić information content (AvgIpc) is 2.48. The normalized spacial score (nSPS) is 13.2. The fourth-order valence-corrected chi connectivity index (χ4v) is 3.08. The number of nitrogens with two attached hydrogens (primary N) is 1. The molecule has 104 valence electrons. The van der Waals surface area contributed by atoms with Crippen molar-refractivity contribution in [2.45, 2.75) is 10.6 Å². The Balaban J connectivity index is 1.70. The maximum Gasteiger partial charge on any atom is 0.162 e. The van der Waals surface area contributed by atoms with Crippen molar-refractivity contribution in [1.29, 1.82) is 0 Å². The SMILES string of the molecule is Nc1cc(CSc2ccc3c(c2)OCCO3)ccc1Br. The van der Waals surface area contributed by atoms with Gasteiger partial charge in [0, 0.05) is 20.8 Å². The largest absolute Gasteiger partial charge is 0.486 e. The number of fused-ring (bicyclic) bond motifs is 1. The van der Waals surface area contributed by atoms with Gasteiger partial charge in [-0.3, -0.25) is 0 Å². The Morgan fingerprint density at radius 2 is 1.85 bits per heavy atom. The van der Waals surface area contributed by atoms with Crippen molar-refractivity contribution >= 4 is 33.4 Å². The number of nitrogen functional groups attached to an aromatic ring is 1. The van der Waals surface area contributed by atoms with Crippen molar-refractivity contribution in [2.24, 2.45) is 0 Å². The van der Waals surface area contributed by atoms with Crippen molar-refractivity contribution in [3.05, 3.63) is 46.4 Å². The van der Waals surface area contributed by atoms with Crippen LogP contribution >= 0.6 is 27.7 Å². The van der Waals surface area contributed by atoms with E-state index in [4.69, 9.17) is 15.2 Å². The molecule has 0 aromatic heterocycles. The fraction of sp³-hybridized carbons (Fsp3) is 0.200. The smallest absolute Gasteiger partial charge is 0.162 e. The number of hydrogen-bond donors (Lipinski definition) is 1. The van der Waals surface area contributed by atoms with Gasteiger partial charge in [-0.2, -0.15) is 0 Å². The number of hydrogen-bond acceptors (Lipinski definition) is 4.